The van der Waals surface area contributed by atoms with E-state index in [0.717, 1.165) is 34.6 Å². The van der Waals surface area contributed by atoms with Gasteiger partial charge in [0.05, 0.1) is 26.2 Å². The van der Waals surface area contributed by atoms with Crippen LogP contribution in [-0.4, -0.2) is 26.2 Å². The fourth-order valence-corrected chi connectivity index (χ4v) is 3.36. The number of alkyl halides is 1. The number of rotatable bonds is 7. The fraction of sp³-hybridized carbons (Fsp3) is 0.474. The van der Waals surface area contributed by atoms with E-state index >= 15 is 0 Å². The molecule has 0 aliphatic heterocycles. The number of aryl methyl sites for hydroxylation is 1. The number of ether oxygens (including phenoxy) is 3. The zero-order valence-corrected chi connectivity index (χ0v) is 16.1. The van der Waals surface area contributed by atoms with E-state index in [1.54, 1.807) is 14.2 Å². The van der Waals surface area contributed by atoms with E-state index in [2.05, 4.69) is 6.92 Å². The van der Waals surface area contributed by atoms with Gasteiger partial charge in [-0.3, -0.25) is 0 Å². The monoisotopic (exact) mass is 370 g/mol. The smallest absolute Gasteiger partial charge is 0.203 e. The van der Waals surface area contributed by atoms with Crippen LogP contribution in [0, 0.1) is 6.92 Å². The second-order valence-electron chi connectivity index (χ2n) is 5.73. The van der Waals surface area contributed by atoms with Crippen molar-refractivity contribution in [3.63, 3.8) is 0 Å². The summed E-state index contributed by atoms with van der Waals surface area (Å²) in [5, 5.41) is 0.652. The molecule has 2 rings (SSSR count). The Balaban J connectivity index is 2.60. The van der Waals surface area contributed by atoms with Gasteiger partial charge in [0.2, 0.25) is 5.75 Å². The highest BCUT2D eigenvalue weighted by Crippen LogP contribution is 2.47. The number of unbranched alkanes of at least 4 members (excludes halogenated alkanes) is 1. The first-order valence-electron chi connectivity index (χ1n) is 8.13. The van der Waals surface area contributed by atoms with Gasteiger partial charge in [-0.1, -0.05) is 37.1 Å². The van der Waals surface area contributed by atoms with Crippen molar-refractivity contribution in [2.45, 2.75) is 38.5 Å². The molecule has 0 bridgehead atoms. The SMILES string of the molecule is CCCCOc1c(OC)c(OC)cc(C)c1C1=C(Cl)CC(Cl)C=C1. The standard InChI is InChI=1S/C19H24Cl2O3/c1-5-6-9-24-19-17(14-8-7-13(20)11-15(14)21)12(2)10-16(22-3)18(19)23-4/h7-8,10,13H,5-6,9,11H2,1-4H3. The van der Waals surface area contributed by atoms with Crippen LogP contribution in [0.3, 0.4) is 0 Å². The highest BCUT2D eigenvalue weighted by Gasteiger charge is 2.24. The van der Waals surface area contributed by atoms with Gasteiger partial charge in [0.15, 0.2) is 11.5 Å². The number of methoxy groups -OCH3 is 2. The van der Waals surface area contributed by atoms with Crippen LogP contribution in [0.1, 0.15) is 37.3 Å². The summed E-state index contributed by atoms with van der Waals surface area (Å²) >= 11 is 12.7. The topological polar surface area (TPSA) is 27.7 Å². The molecule has 0 saturated carbocycles. The molecule has 1 unspecified atom stereocenters. The van der Waals surface area contributed by atoms with Gasteiger partial charge in [-0.2, -0.15) is 0 Å². The molecule has 1 atom stereocenters. The Labute approximate surface area is 154 Å². The third-order valence-corrected chi connectivity index (χ3v) is 4.63. The summed E-state index contributed by atoms with van der Waals surface area (Å²) in [6, 6.07) is 1.94. The zero-order valence-electron chi connectivity index (χ0n) is 14.6. The van der Waals surface area contributed by atoms with Crippen LogP contribution in [0.4, 0.5) is 0 Å². The van der Waals surface area contributed by atoms with E-state index in [1.165, 1.54) is 0 Å². The number of hydrogen-bond acceptors (Lipinski definition) is 3. The molecule has 0 heterocycles. The molecule has 0 fully saturated rings. The maximum absolute atomic E-state index is 6.50. The number of hydrogen-bond donors (Lipinski definition) is 0. The quantitative estimate of drug-likeness (QED) is 0.454. The van der Waals surface area contributed by atoms with Crippen LogP contribution < -0.4 is 14.2 Å². The summed E-state index contributed by atoms with van der Waals surface area (Å²) in [4.78, 5) is 0. The Morgan fingerprint density at radius 3 is 2.54 bits per heavy atom. The summed E-state index contributed by atoms with van der Waals surface area (Å²) in [6.45, 7) is 4.75. The predicted molar refractivity (Wildman–Crippen MR) is 101 cm³/mol. The third-order valence-electron chi connectivity index (χ3n) is 3.97. The molecule has 0 amide bonds. The average Bonchev–Trinajstić information content (AvgIpc) is 2.55. The highest BCUT2D eigenvalue weighted by atomic mass is 35.5. The molecule has 0 aromatic heterocycles. The largest absolute Gasteiger partial charge is 0.493 e. The van der Waals surface area contributed by atoms with Crippen molar-refractivity contribution in [1.29, 1.82) is 0 Å². The van der Waals surface area contributed by atoms with Crippen LogP contribution in [0.5, 0.6) is 17.2 Å². The van der Waals surface area contributed by atoms with Crippen LogP contribution in [0.15, 0.2) is 23.3 Å². The van der Waals surface area contributed by atoms with E-state index in [4.69, 9.17) is 37.4 Å². The summed E-state index contributed by atoms with van der Waals surface area (Å²) in [6.07, 6.45) is 6.54. The maximum atomic E-state index is 6.50. The second-order valence-corrected chi connectivity index (χ2v) is 6.75. The first-order valence-corrected chi connectivity index (χ1v) is 8.94. The summed E-state index contributed by atoms with van der Waals surface area (Å²) < 4.78 is 17.1. The second kappa shape index (κ2) is 8.68. The Morgan fingerprint density at radius 2 is 1.96 bits per heavy atom. The van der Waals surface area contributed by atoms with Crippen LogP contribution in [-0.2, 0) is 0 Å². The molecule has 0 spiro atoms. The molecule has 1 aromatic rings. The lowest BCUT2D eigenvalue weighted by atomic mass is 9.93. The minimum Gasteiger partial charge on any atom is -0.493 e. The van der Waals surface area contributed by atoms with E-state index in [1.807, 2.05) is 25.1 Å². The van der Waals surface area contributed by atoms with Gasteiger partial charge in [-0.25, -0.2) is 0 Å². The van der Waals surface area contributed by atoms with Crippen molar-refractivity contribution < 1.29 is 14.2 Å². The number of benzene rings is 1. The van der Waals surface area contributed by atoms with Crippen molar-refractivity contribution in [3.8, 4) is 17.2 Å². The molecule has 1 aliphatic rings. The Hall–Kier alpha value is -1.32. The minimum atomic E-state index is -0.0776. The maximum Gasteiger partial charge on any atom is 0.203 e. The normalized spacial score (nSPS) is 17.2. The predicted octanol–water partition coefficient (Wildman–Crippen LogP) is 5.71. The molecular formula is C19H24Cl2O3. The van der Waals surface area contributed by atoms with Gasteiger partial charge in [0, 0.05) is 22.6 Å². The number of halogens is 2. The van der Waals surface area contributed by atoms with Crippen LogP contribution in [0.2, 0.25) is 0 Å². The fourth-order valence-electron chi connectivity index (χ4n) is 2.73. The Bertz CT molecular complexity index is 651. The Morgan fingerprint density at radius 1 is 1.21 bits per heavy atom. The Kier molecular flexibility index (Phi) is 6.88. The van der Waals surface area contributed by atoms with E-state index in [-0.39, 0.29) is 5.38 Å². The lowest BCUT2D eigenvalue weighted by Crippen LogP contribution is -2.07. The molecule has 1 aliphatic carbocycles. The van der Waals surface area contributed by atoms with Gasteiger partial charge in [0.1, 0.15) is 0 Å². The van der Waals surface area contributed by atoms with Gasteiger partial charge in [-0.15, -0.1) is 11.6 Å². The molecular weight excluding hydrogens is 347 g/mol. The third kappa shape index (κ3) is 4.01. The van der Waals surface area contributed by atoms with E-state index in [0.29, 0.717) is 30.3 Å². The van der Waals surface area contributed by atoms with E-state index in [9.17, 15) is 0 Å². The molecule has 1 aromatic carbocycles. The van der Waals surface area contributed by atoms with Crippen molar-refractivity contribution in [2.24, 2.45) is 0 Å². The molecule has 24 heavy (non-hydrogen) atoms. The molecule has 132 valence electrons. The van der Waals surface area contributed by atoms with Crippen LogP contribution in [0.25, 0.3) is 5.57 Å². The summed E-state index contributed by atoms with van der Waals surface area (Å²) in [5.74, 6) is 1.91. The molecule has 0 saturated heterocycles. The molecule has 5 heteroatoms. The first-order chi connectivity index (χ1) is 11.5. The van der Waals surface area contributed by atoms with Gasteiger partial charge in [0.25, 0.3) is 0 Å². The molecule has 0 radical (unpaired) electrons. The summed E-state index contributed by atoms with van der Waals surface area (Å²) in [7, 11) is 3.24. The highest BCUT2D eigenvalue weighted by molar-refractivity contribution is 6.35. The average molecular weight is 371 g/mol. The number of allylic oxidation sites excluding steroid dienone is 4. The molecule has 0 N–H and O–H groups in total. The van der Waals surface area contributed by atoms with Gasteiger partial charge < -0.3 is 14.2 Å². The van der Waals surface area contributed by atoms with Gasteiger partial charge >= 0.3 is 0 Å². The lowest BCUT2D eigenvalue weighted by Gasteiger charge is -2.23. The van der Waals surface area contributed by atoms with Crippen molar-refractivity contribution >= 4 is 28.8 Å². The van der Waals surface area contributed by atoms with E-state index < -0.39 is 0 Å². The van der Waals surface area contributed by atoms with Crippen molar-refractivity contribution in [3.05, 3.63) is 34.4 Å². The van der Waals surface area contributed by atoms with Crippen molar-refractivity contribution in [2.75, 3.05) is 20.8 Å². The zero-order chi connectivity index (χ0) is 17.7. The lowest BCUT2D eigenvalue weighted by molar-refractivity contribution is 0.278. The summed E-state index contributed by atoms with van der Waals surface area (Å²) in [5.41, 5.74) is 2.89. The first kappa shape index (κ1) is 19.0. The minimum absolute atomic E-state index is 0.0776. The van der Waals surface area contributed by atoms with Crippen molar-refractivity contribution in [1.82, 2.24) is 0 Å². The van der Waals surface area contributed by atoms with Crippen LogP contribution >= 0.6 is 23.2 Å². The molecule has 3 nitrogen and oxygen atoms in total. The van der Waals surface area contributed by atoms with Gasteiger partial charge in [-0.05, 0) is 25.0 Å².